The predicted molar refractivity (Wildman–Crippen MR) is 101 cm³/mol. The zero-order valence-corrected chi connectivity index (χ0v) is 15.9. The van der Waals surface area contributed by atoms with E-state index < -0.39 is 0 Å². The van der Waals surface area contributed by atoms with Gasteiger partial charge in [0, 0.05) is 18.3 Å². The maximum absolute atomic E-state index is 12.6. The zero-order chi connectivity index (χ0) is 18.7. The van der Waals surface area contributed by atoms with Gasteiger partial charge in [0.05, 0.1) is 25.2 Å². The molecule has 2 fully saturated rings. The van der Waals surface area contributed by atoms with Crippen LogP contribution in [0, 0.1) is 5.92 Å². The number of amides is 3. The Balaban J connectivity index is 1.53. The van der Waals surface area contributed by atoms with Crippen molar-refractivity contribution in [2.24, 2.45) is 5.92 Å². The second kappa shape index (κ2) is 7.66. The Kier molecular flexibility index (Phi) is 5.51. The maximum atomic E-state index is 12.6. The van der Waals surface area contributed by atoms with Crippen molar-refractivity contribution in [2.75, 3.05) is 25.0 Å². The van der Waals surface area contributed by atoms with Crippen molar-refractivity contribution >= 4 is 17.6 Å². The lowest BCUT2D eigenvalue weighted by Gasteiger charge is -2.40. The molecule has 2 N–H and O–H groups in total. The smallest absolute Gasteiger partial charge is 0.322 e. The second-order valence-electron chi connectivity index (χ2n) is 7.88. The number of hydrogen-bond donors (Lipinski definition) is 2. The number of carbonyl (C=O) groups excluding carboxylic acids is 2. The first-order chi connectivity index (χ1) is 12.4. The highest BCUT2D eigenvalue weighted by Gasteiger charge is 2.46. The Labute approximate surface area is 155 Å². The number of benzene rings is 1. The topological polar surface area (TPSA) is 70.7 Å². The van der Waals surface area contributed by atoms with Crippen LogP contribution in [0.3, 0.4) is 0 Å². The van der Waals surface area contributed by atoms with E-state index >= 15 is 0 Å². The molecule has 1 heterocycles. The third-order valence-electron chi connectivity index (χ3n) is 5.05. The highest BCUT2D eigenvalue weighted by atomic mass is 16.5. The van der Waals surface area contributed by atoms with E-state index in [4.69, 9.17) is 4.74 Å². The summed E-state index contributed by atoms with van der Waals surface area (Å²) in [6.45, 7) is 7.83. The molecule has 26 heavy (non-hydrogen) atoms. The number of nitrogens with one attached hydrogen (secondary N) is 2. The fraction of sp³-hybridized carbons (Fsp3) is 0.600. The third kappa shape index (κ3) is 4.75. The number of nitrogens with zero attached hydrogens (tertiary/aromatic N) is 1. The molecule has 1 unspecified atom stereocenters. The SMILES string of the molecule is CC(C)NC(=O)Cc1ccc(NC(=O)N2CCOC(C)(C3CC3)C2)cc1. The summed E-state index contributed by atoms with van der Waals surface area (Å²) in [6, 6.07) is 7.49. The van der Waals surface area contributed by atoms with Gasteiger partial charge >= 0.3 is 6.03 Å². The van der Waals surface area contributed by atoms with Crippen molar-refractivity contribution in [3.8, 4) is 0 Å². The summed E-state index contributed by atoms with van der Waals surface area (Å²) in [6.07, 6.45) is 2.73. The van der Waals surface area contributed by atoms with Crippen LogP contribution in [0.2, 0.25) is 0 Å². The highest BCUT2D eigenvalue weighted by molar-refractivity contribution is 5.89. The van der Waals surface area contributed by atoms with Gasteiger partial charge in [-0.2, -0.15) is 0 Å². The first-order valence-corrected chi connectivity index (χ1v) is 9.44. The van der Waals surface area contributed by atoms with Crippen LogP contribution in [0.1, 0.15) is 39.2 Å². The van der Waals surface area contributed by atoms with Gasteiger partial charge in [0.15, 0.2) is 0 Å². The van der Waals surface area contributed by atoms with Crippen LogP contribution in [0.5, 0.6) is 0 Å². The largest absolute Gasteiger partial charge is 0.371 e. The van der Waals surface area contributed by atoms with Crippen molar-refractivity contribution in [1.82, 2.24) is 10.2 Å². The lowest BCUT2D eigenvalue weighted by atomic mass is 9.98. The van der Waals surface area contributed by atoms with E-state index in [-0.39, 0.29) is 23.6 Å². The minimum atomic E-state index is -0.205. The lowest BCUT2D eigenvalue weighted by molar-refractivity contribution is -0.120. The molecule has 2 aliphatic rings. The van der Waals surface area contributed by atoms with E-state index in [2.05, 4.69) is 17.6 Å². The van der Waals surface area contributed by atoms with Crippen molar-refractivity contribution in [3.05, 3.63) is 29.8 Å². The van der Waals surface area contributed by atoms with E-state index in [1.54, 1.807) is 0 Å². The minimum Gasteiger partial charge on any atom is -0.371 e. The van der Waals surface area contributed by atoms with Crippen LogP contribution >= 0.6 is 0 Å². The molecule has 1 saturated carbocycles. The summed E-state index contributed by atoms with van der Waals surface area (Å²) >= 11 is 0. The normalized spacial score (nSPS) is 23.0. The van der Waals surface area contributed by atoms with Crippen LogP contribution in [0.15, 0.2) is 24.3 Å². The molecule has 0 aromatic heterocycles. The van der Waals surface area contributed by atoms with Crippen molar-refractivity contribution in [1.29, 1.82) is 0 Å². The van der Waals surface area contributed by atoms with Gasteiger partial charge in [-0.1, -0.05) is 12.1 Å². The Bertz CT molecular complexity index is 655. The summed E-state index contributed by atoms with van der Waals surface area (Å²) in [5.41, 5.74) is 1.46. The number of urea groups is 1. The highest BCUT2D eigenvalue weighted by Crippen LogP contribution is 2.43. The van der Waals surface area contributed by atoms with E-state index in [1.165, 1.54) is 12.8 Å². The fourth-order valence-electron chi connectivity index (χ4n) is 3.47. The van der Waals surface area contributed by atoms with E-state index in [1.807, 2.05) is 43.0 Å². The predicted octanol–water partition coefficient (Wildman–Crippen LogP) is 2.79. The molecule has 0 spiro atoms. The van der Waals surface area contributed by atoms with Crippen molar-refractivity contribution in [2.45, 2.75) is 51.7 Å². The van der Waals surface area contributed by atoms with Crippen molar-refractivity contribution < 1.29 is 14.3 Å². The zero-order valence-electron chi connectivity index (χ0n) is 15.9. The van der Waals surface area contributed by atoms with Gasteiger partial charge in [-0.25, -0.2) is 4.79 Å². The molecule has 1 atom stereocenters. The van der Waals surface area contributed by atoms with Gasteiger partial charge in [-0.15, -0.1) is 0 Å². The van der Waals surface area contributed by atoms with Gasteiger partial charge < -0.3 is 20.3 Å². The number of anilines is 1. The quantitative estimate of drug-likeness (QED) is 0.849. The Morgan fingerprint density at radius 1 is 1.27 bits per heavy atom. The molecule has 0 radical (unpaired) electrons. The molecular weight excluding hydrogens is 330 g/mol. The van der Waals surface area contributed by atoms with Gasteiger partial charge in [0.25, 0.3) is 0 Å². The Morgan fingerprint density at radius 2 is 1.96 bits per heavy atom. The van der Waals surface area contributed by atoms with Crippen molar-refractivity contribution in [3.63, 3.8) is 0 Å². The summed E-state index contributed by atoms with van der Waals surface area (Å²) in [5.74, 6) is 0.582. The molecule has 6 heteroatoms. The Hall–Kier alpha value is -2.08. The first-order valence-electron chi connectivity index (χ1n) is 9.44. The molecule has 1 saturated heterocycles. The van der Waals surface area contributed by atoms with Crippen LogP contribution < -0.4 is 10.6 Å². The molecule has 142 valence electrons. The van der Waals surface area contributed by atoms with Gasteiger partial charge in [-0.3, -0.25) is 4.79 Å². The number of rotatable bonds is 5. The molecular formula is C20H29N3O3. The van der Waals surface area contributed by atoms with Crippen LogP contribution in [0.4, 0.5) is 10.5 Å². The number of hydrogen-bond acceptors (Lipinski definition) is 3. The van der Waals surface area contributed by atoms with E-state index in [0.717, 1.165) is 11.3 Å². The monoisotopic (exact) mass is 359 g/mol. The average molecular weight is 359 g/mol. The van der Waals surface area contributed by atoms with Gasteiger partial charge in [0.2, 0.25) is 5.91 Å². The summed E-state index contributed by atoms with van der Waals surface area (Å²) in [5, 5.41) is 5.83. The maximum Gasteiger partial charge on any atom is 0.322 e. The molecule has 3 rings (SSSR count). The first kappa shape index (κ1) is 18.7. The molecule has 1 aromatic rings. The number of ether oxygens (including phenoxy) is 1. The number of morpholine rings is 1. The standard InChI is InChI=1S/C20H29N3O3/c1-14(2)21-18(24)12-15-4-8-17(9-5-15)22-19(25)23-10-11-26-20(3,13-23)16-6-7-16/h4-5,8-9,14,16H,6-7,10-13H2,1-3H3,(H,21,24)(H,22,25). The molecule has 3 amide bonds. The molecule has 1 aromatic carbocycles. The number of carbonyl (C=O) groups is 2. The third-order valence-corrected chi connectivity index (χ3v) is 5.05. The second-order valence-corrected chi connectivity index (χ2v) is 7.88. The Morgan fingerprint density at radius 3 is 2.58 bits per heavy atom. The molecule has 0 bridgehead atoms. The van der Waals surface area contributed by atoms with Crippen LogP contribution in [-0.2, 0) is 16.0 Å². The molecule has 1 aliphatic heterocycles. The minimum absolute atomic E-state index is 0.00413. The van der Waals surface area contributed by atoms with Crippen LogP contribution in [0.25, 0.3) is 0 Å². The molecule has 1 aliphatic carbocycles. The van der Waals surface area contributed by atoms with E-state index in [0.29, 0.717) is 32.0 Å². The fourth-order valence-corrected chi connectivity index (χ4v) is 3.47. The summed E-state index contributed by atoms with van der Waals surface area (Å²) in [4.78, 5) is 26.2. The lowest BCUT2D eigenvalue weighted by Crippen LogP contribution is -2.54. The summed E-state index contributed by atoms with van der Waals surface area (Å²) < 4.78 is 5.94. The van der Waals surface area contributed by atoms with Gasteiger partial charge in [0.1, 0.15) is 0 Å². The van der Waals surface area contributed by atoms with E-state index in [9.17, 15) is 9.59 Å². The summed E-state index contributed by atoms with van der Waals surface area (Å²) in [7, 11) is 0. The van der Waals surface area contributed by atoms with Gasteiger partial charge in [-0.05, 0) is 57.2 Å². The average Bonchev–Trinajstić information content (AvgIpc) is 3.41. The molecule has 6 nitrogen and oxygen atoms in total. The van der Waals surface area contributed by atoms with Crippen LogP contribution in [-0.4, -0.2) is 48.2 Å².